The maximum absolute atomic E-state index is 11.2. The van der Waals surface area contributed by atoms with Crippen LogP contribution in [0.3, 0.4) is 0 Å². The number of fused-ring (bicyclic) bond motifs is 2. The zero-order chi connectivity index (χ0) is 17.1. The van der Waals surface area contributed by atoms with Crippen LogP contribution < -0.4 is 10.2 Å². The van der Waals surface area contributed by atoms with Crippen molar-refractivity contribution in [1.29, 1.82) is 0 Å². The number of aromatic nitrogens is 2. The van der Waals surface area contributed by atoms with Gasteiger partial charge in [0.15, 0.2) is 0 Å². The van der Waals surface area contributed by atoms with Crippen LogP contribution >= 0.6 is 23.2 Å². The summed E-state index contributed by atoms with van der Waals surface area (Å²) in [5.74, 6) is -0.176. The van der Waals surface area contributed by atoms with E-state index in [2.05, 4.69) is 9.97 Å². The van der Waals surface area contributed by atoms with Gasteiger partial charge in [-0.3, -0.25) is 9.97 Å². The number of hydrogen-bond acceptors (Lipinski definition) is 4. The zero-order valence-corrected chi connectivity index (χ0v) is 17.4. The second-order valence-electron chi connectivity index (χ2n) is 4.89. The molecular weight excluding hydrogens is 413 g/mol. The summed E-state index contributed by atoms with van der Waals surface area (Å²) >= 11 is 11.7. The maximum atomic E-state index is 11.2. The van der Waals surface area contributed by atoms with E-state index in [-0.39, 0.29) is 31.0 Å². The van der Waals surface area contributed by atoms with Crippen molar-refractivity contribution in [3.63, 3.8) is 0 Å². The molecule has 0 aliphatic rings. The molecule has 4 aromatic rings. The molecule has 0 fully saturated rings. The Hall–Kier alpha value is -1.94. The molecule has 0 N–H and O–H groups in total. The van der Waals surface area contributed by atoms with Crippen LogP contribution in [0.2, 0.25) is 10.0 Å². The van der Waals surface area contributed by atoms with Crippen molar-refractivity contribution in [2.45, 2.75) is 0 Å². The van der Waals surface area contributed by atoms with Gasteiger partial charge < -0.3 is 10.2 Å². The van der Waals surface area contributed by atoms with E-state index in [0.29, 0.717) is 31.9 Å². The normalized spacial score (nSPS) is 10.0. The fraction of sp³-hybridized carbons (Fsp3) is 0. The molecule has 2 aromatic carbocycles. The van der Waals surface area contributed by atoms with Crippen molar-refractivity contribution >= 4 is 45.0 Å². The third-order valence-electron chi connectivity index (χ3n) is 3.36. The molecule has 2 aromatic heterocycles. The number of halogens is 2. The van der Waals surface area contributed by atoms with Gasteiger partial charge >= 0.3 is 19.5 Å². The number of pyridine rings is 2. The van der Waals surface area contributed by atoms with Crippen LogP contribution in [-0.4, -0.2) is 9.97 Å². The number of benzene rings is 2. The average Bonchev–Trinajstić information content (AvgIpc) is 2.63. The Bertz CT molecular complexity index is 864. The van der Waals surface area contributed by atoms with E-state index in [0.717, 1.165) is 0 Å². The molecular formula is C18H10Cl2N2O2Zn. The first-order valence-corrected chi connectivity index (χ1v) is 7.74. The minimum atomic E-state index is -0.0880. The molecule has 0 aliphatic heterocycles. The molecule has 0 aliphatic carbocycles. The van der Waals surface area contributed by atoms with Crippen molar-refractivity contribution in [2.24, 2.45) is 0 Å². The summed E-state index contributed by atoms with van der Waals surface area (Å²) in [4.78, 5) is 7.89. The summed E-state index contributed by atoms with van der Waals surface area (Å²) in [6.07, 6.45) is 3.17. The van der Waals surface area contributed by atoms with E-state index in [1.807, 2.05) is 0 Å². The van der Waals surface area contributed by atoms with Crippen LogP contribution in [0.5, 0.6) is 11.5 Å². The Kier molecular flexibility index (Phi) is 6.54. The summed E-state index contributed by atoms with van der Waals surface area (Å²) < 4.78 is 0. The SMILES string of the molecule is [O-]c1ccc(Cl)c2cccnc12.[O-]c1ccc(Cl)c2cccnc12.[Zn+2]. The number of nitrogens with zero attached hydrogens (tertiary/aromatic N) is 2. The first-order chi connectivity index (χ1) is 11.6. The average molecular weight is 423 g/mol. The van der Waals surface area contributed by atoms with Crippen LogP contribution in [0, 0.1) is 0 Å². The second-order valence-corrected chi connectivity index (χ2v) is 5.70. The Balaban J connectivity index is 0.000000173. The van der Waals surface area contributed by atoms with Gasteiger partial charge in [0.1, 0.15) is 0 Å². The van der Waals surface area contributed by atoms with Crippen LogP contribution in [0.4, 0.5) is 0 Å². The molecule has 0 atom stereocenters. The Morgan fingerprint density at radius 1 is 0.640 bits per heavy atom. The predicted octanol–water partition coefficient (Wildman–Crippen LogP) is 3.92. The summed E-state index contributed by atoms with van der Waals surface area (Å²) in [6.45, 7) is 0. The number of hydrogen-bond donors (Lipinski definition) is 0. The summed E-state index contributed by atoms with van der Waals surface area (Å²) in [5.41, 5.74) is 0.870. The molecule has 0 amide bonds. The van der Waals surface area contributed by atoms with E-state index < -0.39 is 0 Å². The van der Waals surface area contributed by atoms with Crippen molar-refractivity contribution in [3.05, 3.63) is 71.0 Å². The van der Waals surface area contributed by atoms with Crippen molar-refractivity contribution in [3.8, 4) is 11.5 Å². The van der Waals surface area contributed by atoms with Crippen LogP contribution in [0.25, 0.3) is 21.8 Å². The third-order valence-corrected chi connectivity index (χ3v) is 4.02. The smallest absolute Gasteiger partial charge is 0.871 e. The molecule has 2 heterocycles. The van der Waals surface area contributed by atoms with Crippen LogP contribution in [0.15, 0.2) is 60.9 Å². The van der Waals surface area contributed by atoms with Crippen molar-refractivity contribution < 1.29 is 29.7 Å². The van der Waals surface area contributed by atoms with E-state index in [1.165, 1.54) is 12.1 Å². The summed E-state index contributed by atoms with van der Waals surface area (Å²) in [6, 6.07) is 13.1. The largest absolute Gasteiger partial charge is 2.00 e. The van der Waals surface area contributed by atoms with Gasteiger partial charge in [-0.1, -0.05) is 46.8 Å². The van der Waals surface area contributed by atoms with Gasteiger partial charge in [-0.15, -0.1) is 0 Å². The quantitative estimate of drug-likeness (QED) is 0.403. The molecule has 0 saturated heterocycles. The van der Waals surface area contributed by atoms with E-state index >= 15 is 0 Å². The monoisotopic (exact) mass is 420 g/mol. The van der Waals surface area contributed by atoms with Gasteiger partial charge in [-0.2, -0.15) is 0 Å². The fourth-order valence-corrected chi connectivity index (χ4v) is 2.65. The fourth-order valence-electron chi connectivity index (χ4n) is 2.22. The van der Waals surface area contributed by atoms with Gasteiger partial charge in [0, 0.05) is 33.2 Å². The molecule has 0 saturated carbocycles. The standard InChI is InChI=1S/2C9H6ClNO.Zn/c2*10-7-3-4-8(12)9-6(7)2-1-5-11-9;/h2*1-5,12H;/q;;+2/p-2. The molecule has 4 rings (SSSR count). The van der Waals surface area contributed by atoms with Gasteiger partial charge in [0.2, 0.25) is 0 Å². The van der Waals surface area contributed by atoms with Crippen LogP contribution in [0.1, 0.15) is 0 Å². The second kappa shape index (κ2) is 8.44. The minimum absolute atomic E-state index is 0. The number of rotatable bonds is 0. The Morgan fingerprint density at radius 3 is 1.40 bits per heavy atom. The van der Waals surface area contributed by atoms with Gasteiger partial charge in [0.25, 0.3) is 0 Å². The van der Waals surface area contributed by atoms with Gasteiger partial charge in [0.05, 0.1) is 11.0 Å². The molecule has 25 heavy (non-hydrogen) atoms. The van der Waals surface area contributed by atoms with E-state index in [9.17, 15) is 10.2 Å². The minimum Gasteiger partial charge on any atom is -0.871 e. The van der Waals surface area contributed by atoms with Crippen molar-refractivity contribution in [2.75, 3.05) is 0 Å². The molecule has 4 nitrogen and oxygen atoms in total. The Morgan fingerprint density at radius 2 is 1.04 bits per heavy atom. The van der Waals surface area contributed by atoms with Gasteiger partial charge in [-0.25, -0.2) is 0 Å². The molecule has 0 radical (unpaired) electrons. The van der Waals surface area contributed by atoms with E-state index in [4.69, 9.17) is 23.2 Å². The van der Waals surface area contributed by atoms with Crippen molar-refractivity contribution in [1.82, 2.24) is 9.97 Å². The predicted molar refractivity (Wildman–Crippen MR) is 92.4 cm³/mol. The third kappa shape index (κ3) is 4.19. The Labute approximate surface area is 166 Å². The van der Waals surface area contributed by atoms with Crippen LogP contribution in [-0.2, 0) is 19.5 Å². The topological polar surface area (TPSA) is 71.9 Å². The molecule has 7 heteroatoms. The molecule has 0 unspecified atom stereocenters. The first-order valence-electron chi connectivity index (χ1n) is 6.98. The zero-order valence-electron chi connectivity index (χ0n) is 12.9. The molecule has 120 valence electrons. The molecule has 0 spiro atoms. The summed E-state index contributed by atoms with van der Waals surface area (Å²) in [7, 11) is 0. The molecule has 0 bridgehead atoms. The summed E-state index contributed by atoms with van der Waals surface area (Å²) in [5, 5.41) is 25.0. The van der Waals surface area contributed by atoms with E-state index in [1.54, 1.807) is 48.8 Å². The first kappa shape index (κ1) is 19.4. The maximum Gasteiger partial charge on any atom is 2.00 e. The van der Waals surface area contributed by atoms with Gasteiger partial charge in [-0.05, 0) is 36.4 Å².